The van der Waals surface area contributed by atoms with Crippen molar-refractivity contribution in [3.63, 3.8) is 0 Å². The minimum atomic E-state index is -4.47. The molecule has 0 spiro atoms. The number of oxime groups is 1. The maximum absolute atomic E-state index is 12.2. The van der Waals surface area contributed by atoms with Crippen LogP contribution in [-0.2, 0) is 4.84 Å². The normalized spacial score (nSPS) is 14.2. The molecule has 1 aliphatic carbocycles. The molecule has 0 saturated heterocycles. The van der Waals surface area contributed by atoms with E-state index in [0.717, 1.165) is 16.8 Å². The van der Waals surface area contributed by atoms with Crippen LogP contribution in [-0.4, -0.2) is 41.0 Å². The highest BCUT2D eigenvalue weighted by molar-refractivity contribution is 5.90. The van der Waals surface area contributed by atoms with Crippen LogP contribution in [0.2, 0.25) is 0 Å². The average Bonchev–Trinajstić information content (AvgIpc) is 3.46. The number of halogens is 3. The Morgan fingerprint density at radius 3 is 2.90 bits per heavy atom. The lowest BCUT2D eigenvalue weighted by atomic mass is 10.1. The molecule has 1 aromatic carbocycles. The van der Waals surface area contributed by atoms with Crippen molar-refractivity contribution >= 4 is 23.6 Å². The predicted molar refractivity (Wildman–Crippen MR) is 110 cm³/mol. The standard InChI is InChI=1S/C21H20F3N5O2/c22-21(23,24)13-26-20(30)28-17-3-1-2-16(9-17)18-11-25-19-8-15(6-7-29(18)19)10-27-31-12-14-4-5-14/h1-3,6-11,14H,4-5,12-13H2,(H2,26,28,30)/b27-10+. The van der Waals surface area contributed by atoms with Crippen molar-refractivity contribution in [2.24, 2.45) is 11.1 Å². The lowest BCUT2D eigenvalue weighted by Gasteiger charge is -2.10. The lowest BCUT2D eigenvalue weighted by Crippen LogP contribution is -2.36. The highest BCUT2D eigenvalue weighted by Crippen LogP contribution is 2.28. The second kappa shape index (κ2) is 8.66. The summed E-state index contributed by atoms with van der Waals surface area (Å²) < 4.78 is 38.6. The Bertz CT molecular complexity index is 1110. The number of nitrogens with one attached hydrogen (secondary N) is 2. The van der Waals surface area contributed by atoms with Gasteiger partial charge in [-0.25, -0.2) is 9.78 Å². The van der Waals surface area contributed by atoms with Crippen LogP contribution in [0.1, 0.15) is 18.4 Å². The molecule has 3 aromatic rings. The van der Waals surface area contributed by atoms with Crippen molar-refractivity contribution in [1.29, 1.82) is 0 Å². The molecule has 31 heavy (non-hydrogen) atoms. The fourth-order valence-corrected chi connectivity index (χ4v) is 2.93. The van der Waals surface area contributed by atoms with E-state index >= 15 is 0 Å². The van der Waals surface area contributed by atoms with Crippen molar-refractivity contribution < 1.29 is 22.8 Å². The summed E-state index contributed by atoms with van der Waals surface area (Å²) in [6, 6.07) is 9.58. The molecule has 0 radical (unpaired) electrons. The van der Waals surface area contributed by atoms with Crippen LogP contribution in [0, 0.1) is 5.92 Å². The topological polar surface area (TPSA) is 80.0 Å². The number of anilines is 1. The Balaban J connectivity index is 1.45. The summed E-state index contributed by atoms with van der Waals surface area (Å²) >= 11 is 0. The van der Waals surface area contributed by atoms with E-state index in [0.29, 0.717) is 23.9 Å². The smallest absolute Gasteiger partial charge is 0.396 e. The Morgan fingerprint density at radius 1 is 1.29 bits per heavy atom. The van der Waals surface area contributed by atoms with Gasteiger partial charge in [0, 0.05) is 23.0 Å². The van der Waals surface area contributed by atoms with Crippen LogP contribution in [0.15, 0.2) is 53.9 Å². The van der Waals surface area contributed by atoms with Gasteiger partial charge in [0.05, 0.1) is 18.1 Å². The molecule has 0 aliphatic heterocycles. The Hall–Kier alpha value is -3.56. The molecule has 4 rings (SSSR count). The van der Waals surface area contributed by atoms with Gasteiger partial charge in [-0.05, 0) is 43.0 Å². The van der Waals surface area contributed by atoms with Crippen LogP contribution >= 0.6 is 0 Å². The summed E-state index contributed by atoms with van der Waals surface area (Å²) in [5.41, 5.74) is 3.42. The molecule has 0 bridgehead atoms. The van der Waals surface area contributed by atoms with Gasteiger partial charge in [-0.1, -0.05) is 17.3 Å². The number of hydrogen-bond donors (Lipinski definition) is 2. The number of benzene rings is 1. The fourth-order valence-electron chi connectivity index (χ4n) is 2.93. The Kier molecular flexibility index (Phi) is 5.79. The Morgan fingerprint density at radius 2 is 2.13 bits per heavy atom. The monoisotopic (exact) mass is 431 g/mol. The van der Waals surface area contributed by atoms with Gasteiger partial charge in [-0.2, -0.15) is 13.2 Å². The minimum absolute atomic E-state index is 0.365. The van der Waals surface area contributed by atoms with Crippen LogP contribution in [0.25, 0.3) is 16.9 Å². The van der Waals surface area contributed by atoms with Crippen molar-refractivity contribution in [3.05, 3.63) is 54.4 Å². The first-order chi connectivity index (χ1) is 14.9. The van der Waals surface area contributed by atoms with E-state index in [4.69, 9.17) is 4.84 Å². The number of amides is 2. The number of alkyl halides is 3. The third kappa shape index (κ3) is 5.74. The molecule has 0 unspecified atom stereocenters. The van der Waals surface area contributed by atoms with Crippen molar-refractivity contribution in [2.75, 3.05) is 18.5 Å². The number of hydrogen-bond acceptors (Lipinski definition) is 4. The van der Waals surface area contributed by atoms with Crippen LogP contribution in [0.5, 0.6) is 0 Å². The lowest BCUT2D eigenvalue weighted by molar-refractivity contribution is -0.122. The number of aromatic nitrogens is 2. The van der Waals surface area contributed by atoms with E-state index in [1.54, 1.807) is 35.9 Å². The predicted octanol–water partition coefficient (Wildman–Crippen LogP) is 4.45. The second-order valence-electron chi connectivity index (χ2n) is 7.31. The van der Waals surface area contributed by atoms with Gasteiger partial charge in [-0.15, -0.1) is 0 Å². The third-order valence-corrected chi connectivity index (χ3v) is 4.69. The number of nitrogens with zero attached hydrogens (tertiary/aromatic N) is 3. The first kappa shape index (κ1) is 20.7. The fraction of sp³-hybridized carbons (Fsp3) is 0.286. The number of urea groups is 1. The zero-order chi connectivity index (χ0) is 21.8. The van der Waals surface area contributed by atoms with E-state index in [1.807, 2.05) is 28.8 Å². The molecule has 1 aliphatic rings. The largest absolute Gasteiger partial charge is 0.405 e. The number of carbonyl (C=O) groups is 1. The molecule has 2 aromatic heterocycles. The van der Waals surface area contributed by atoms with E-state index < -0.39 is 18.8 Å². The number of carbonyl (C=O) groups excluding carboxylic acids is 1. The first-order valence-corrected chi connectivity index (χ1v) is 9.72. The summed E-state index contributed by atoms with van der Waals surface area (Å²) in [6.45, 7) is -0.756. The molecule has 1 saturated carbocycles. The summed E-state index contributed by atoms with van der Waals surface area (Å²) in [4.78, 5) is 21.4. The van der Waals surface area contributed by atoms with Crippen LogP contribution in [0.4, 0.5) is 23.7 Å². The van der Waals surface area contributed by atoms with Gasteiger partial charge in [0.2, 0.25) is 0 Å². The molecule has 0 atom stereocenters. The average molecular weight is 431 g/mol. The van der Waals surface area contributed by atoms with E-state index in [1.165, 1.54) is 12.8 Å². The summed E-state index contributed by atoms with van der Waals surface area (Å²) in [7, 11) is 0. The van der Waals surface area contributed by atoms with Gasteiger partial charge in [0.25, 0.3) is 0 Å². The van der Waals surface area contributed by atoms with Gasteiger partial charge in [-0.3, -0.25) is 4.40 Å². The molecule has 1 fully saturated rings. The highest BCUT2D eigenvalue weighted by atomic mass is 19.4. The van der Waals surface area contributed by atoms with Gasteiger partial charge >= 0.3 is 12.2 Å². The zero-order valence-corrected chi connectivity index (χ0v) is 16.4. The molecule has 7 nitrogen and oxygen atoms in total. The van der Waals surface area contributed by atoms with Crippen molar-refractivity contribution in [3.8, 4) is 11.3 Å². The third-order valence-electron chi connectivity index (χ3n) is 4.69. The molecule has 10 heteroatoms. The molecule has 162 valence electrons. The van der Waals surface area contributed by atoms with E-state index in [9.17, 15) is 18.0 Å². The summed E-state index contributed by atoms with van der Waals surface area (Å²) in [6.07, 6.45) is 3.10. The maximum Gasteiger partial charge on any atom is 0.405 e. The van der Waals surface area contributed by atoms with E-state index in [-0.39, 0.29) is 0 Å². The highest BCUT2D eigenvalue weighted by Gasteiger charge is 2.27. The molecule has 2 amide bonds. The quantitative estimate of drug-likeness (QED) is 0.429. The minimum Gasteiger partial charge on any atom is -0.396 e. The summed E-state index contributed by atoms with van der Waals surface area (Å²) in [5, 5.41) is 8.16. The number of rotatable bonds is 7. The molecule has 2 N–H and O–H groups in total. The molecular formula is C21H20F3N5O2. The Labute approximate surface area is 175 Å². The van der Waals surface area contributed by atoms with Crippen LogP contribution < -0.4 is 10.6 Å². The summed E-state index contributed by atoms with van der Waals surface area (Å²) in [5.74, 6) is 0.635. The maximum atomic E-state index is 12.2. The SMILES string of the molecule is O=C(NCC(F)(F)F)Nc1cccc(-c2cnc3cc(/C=N/OCC4CC4)ccn23)c1. The second-order valence-corrected chi connectivity index (χ2v) is 7.31. The number of pyridine rings is 1. The zero-order valence-electron chi connectivity index (χ0n) is 16.4. The molecular weight excluding hydrogens is 411 g/mol. The number of imidazole rings is 1. The van der Waals surface area contributed by atoms with E-state index in [2.05, 4.69) is 15.5 Å². The van der Waals surface area contributed by atoms with Gasteiger partial charge < -0.3 is 15.5 Å². The van der Waals surface area contributed by atoms with Crippen molar-refractivity contribution in [2.45, 2.75) is 19.0 Å². The first-order valence-electron chi connectivity index (χ1n) is 9.72. The van der Waals surface area contributed by atoms with Crippen LogP contribution in [0.3, 0.4) is 0 Å². The van der Waals surface area contributed by atoms with Crippen molar-refractivity contribution in [1.82, 2.24) is 14.7 Å². The van der Waals surface area contributed by atoms with Gasteiger partial charge in [0.1, 0.15) is 18.8 Å². The van der Waals surface area contributed by atoms with Gasteiger partial charge in [0.15, 0.2) is 0 Å². The molecule has 2 heterocycles. The number of fused-ring (bicyclic) bond motifs is 1.